The van der Waals surface area contributed by atoms with Gasteiger partial charge in [0.05, 0.1) is 5.75 Å². The van der Waals surface area contributed by atoms with Crippen LogP contribution in [0.1, 0.15) is 31.4 Å². The van der Waals surface area contributed by atoms with Gasteiger partial charge in [0.25, 0.3) is 0 Å². The van der Waals surface area contributed by atoms with Crippen molar-refractivity contribution < 1.29 is 8.42 Å². The Hall–Kier alpha value is -1.07. The molecule has 4 nitrogen and oxygen atoms in total. The third-order valence-corrected chi connectivity index (χ3v) is 4.21. The maximum absolute atomic E-state index is 11.3. The number of nitrogens with one attached hydrogen (secondary N) is 1. The number of sulfone groups is 1. The summed E-state index contributed by atoms with van der Waals surface area (Å²) in [6, 6.07) is 8.38. The number of anilines is 1. The maximum Gasteiger partial charge on any atom is 0.147 e. The lowest BCUT2D eigenvalue weighted by atomic mass is 10.0. The van der Waals surface area contributed by atoms with Crippen molar-refractivity contribution in [2.75, 3.05) is 37.5 Å². The minimum Gasteiger partial charge on any atom is -0.378 e. The van der Waals surface area contributed by atoms with Crippen molar-refractivity contribution in [1.82, 2.24) is 5.32 Å². The summed E-state index contributed by atoms with van der Waals surface area (Å²) in [4.78, 5) is 2.05. The van der Waals surface area contributed by atoms with E-state index < -0.39 is 9.84 Å². The minimum atomic E-state index is -2.92. The molecule has 0 heterocycles. The highest BCUT2D eigenvalue weighted by molar-refractivity contribution is 7.90. The second kappa shape index (κ2) is 7.64. The van der Waals surface area contributed by atoms with Crippen LogP contribution in [0, 0.1) is 0 Å². The average molecular weight is 298 g/mol. The second-order valence-electron chi connectivity index (χ2n) is 5.41. The molecule has 0 aliphatic carbocycles. The predicted octanol–water partition coefficient (Wildman–Crippen LogP) is 2.23. The summed E-state index contributed by atoms with van der Waals surface area (Å²) in [6.07, 6.45) is 2.93. The molecule has 1 N–H and O–H groups in total. The molecule has 0 aliphatic rings. The summed E-state index contributed by atoms with van der Waals surface area (Å²) in [7, 11) is 1.09. The van der Waals surface area contributed by atoms with Crippen LogP contribution in [0.15, 0.2) is 24.3 Å². The van der Waals surface area contributed by atoms with E-state index in [1.807, 2.05) is 14.1 Å². The first-order valence-electron chi connectivity index (χ1n) is 7.02. The Morgan fingerprint density at radius 2 is 1.80 bits per heavy atom. The molecule has 0 aliphatic heterocycles. The minimum absolute atomic E-state index is 0.0980. The Morgan fingerprint density at radius 1 is 1.20 bits per heavy atom. The van der Waals surface area contributed by atoms with Gasteiger partial charge in [0.2, 0.25) is 0 Å². The van der Waals surface area contributed by atoms with E-state index in [-0.39, 0.29) is 11.8 Å². The zero-order chi connectivity index (χ0) is 15.2. The summed E-state index contributed by atoms with van der Waals surface area (Å²) < 4.78 is 22.7. The predicted molar refractivity (Wildman–Crippen MR) is 86.1 cm³/mol. The lowest BCUT2D eigenvalue weighted by Gasteiger charge is -2.20. The molecule has 1 atom stereocenters. The van der Waals surface area contributed by atoms with Crippen molar-refractivity contribution in [3.05, 3.63) is 29.8 Å². The normalized spacial score (nSPS) is 13.2. The lowest BCUT2D eigenvalue weighted by Crippen LogP contribution is -2.24. The third kappa shape index (κ3) is 5.92. The van der Waals surface area contributed by atoms with E-state index in [9.17, 15) is 8.42 Å². The van der Waals surface area contributed by atoms with Crippen LogP contribution < -0.4 is 10.2 Å². The van der Waals surface area contributed by atoms with Gasteiger partial charge < -0.3 is 10.2 Å². The lowest BCUT2D eigenvalue weighted by molar-refractivity contribution is 0.513. The SMILES string of the molecule is CCCNC(CCS(C)(=O)=O)c1ccc(N(C)C)cc1. The van der Waals surface area contributed by atoms with Crippen LogP contribution in [-0.4, -0.2) is 41.1 Å². The van der Waals surface area contributed by atoms with Crippen molar-refractivity contribution in [3.8, 4) is 0 Å². The number of hydrogen-bond acceptors (Lipinski definition) is 4. The maximum atomic E-state index is 11.3. The van der Waals surface area contributed by atoms with Gasteiger partial charge >= 0.3 is 0 Å². The summed E-state index contributed by atoms with van der Waals surface area (Å²) in [6.45, 7) is 3.00. The van der Waals surface area contributed by atoms with Crippen LogP contribution >= 0.6 is 0 Å². The molecule has 0 spiro atoms. The first kappa shape index (κ1) is 17.0. The Bertz CT molecular complexity index is 495. The van der Waals surface area contributed by atoms with E-state index in [1.54, 1.807) is 0 Å². The van der Waals surface area contributed by atoms with Crippen molar-refractivity contribution in [2.45, 2.75) is 25.8 Å². The highest BCUT2D eigenvalue weighted by atomic mass is 32.2. The van der Waals surface area contributed by atoms with Crippen molar-refractivity contribution in [2.24, 2.45) is 0 Å². The van der Waals surface area contributed by atoms with E-state index in [4.69, 9.17) is 0 Å². The summed E-state index contributed by atoms with van der Waals surface area (Å²) >= 11 is 0. The standard InChI is InChI=1S/C15H26N2O2S/c1-5-11-16-15(10-12-20(4,18)19)13-6-8-14(9-7-13)17(2)3/h6-9,15-16H,5,10-12H2,1-4H3. The number of benzene rings is 1. The molecule has 1 aromatic carbocycles. The number of rotatable bonds is 8. The molecule has 0 aromatic heterocycles. The zero-order valence-corrected chi connectivity index (χ0v) is 13.7. The highest BCUT2D eigenvalue weighted by Crippen LogP contribution is 2.21. The first-order chi connectivity index (χ1) is 9.33. The van der Waals surface area contributed by atoms with E-state index in [0.29, 0.717) is 6.42 Å². The quantitative estimate of drug-likeness (QED) is 0.799. The van der Waals surface area contributed by atoms with Gasteiger partial charge in [0.15, 0.2) is 0 Å². The zero-order valence-electron chi connectivity index (χ0n) is 12.9. The van der Waals surface area contributed by atoms with E-state index >= 15 is 0 Å². The van der Waals surface area contributed by atoms with Crippen LogP contribution in [0.4, 0.5) is 5.69 Å². The smallest absolute Gasteiger partial charge is 0.147 e. The molecule has 0 fully saturated rings. The molecule has 114 valence electrons. The van der Waals surface area contributed by atoms with Gasteiger partial charge in [-0.25, -0.2) is 8.42 Å². The second-order valence-corrected chi connectivity index (χ2v) is 7.67. The topological polar surface area (TPSA) is 49.4 Å². The molecule has 20 heavy (non-hydrogen) atoms. The average Bonchev–Trinajstić information content (AvgIpc) is 2.38. The number of nitrogens with zero attached hydrogens (tertiary/aromatic N) is 1. The van der Waals surface area contributed by atoms with Crippen LogP contribution in [-0.2, 0) is 9.84 Å². The molecule has 0 radical (unpaired) electrons. The van der Waals surface area contributed by atoms with Crippen LogP contribution in [0.25, 0.3) is 0 Å². The van der Waals surface area contributed by atoms with E-state index in [0.717, 1.165) is 24.2 Å². The molecule has 1 unspecified atom stereocenters. The van der Waals surface area contributed by atoms with E-state index in [1.165, 1.54) is 6.26 Å². The molecule has 0 amide bonds. The van der Waals surface area contributed by atoms with Crippen LogP contribution in [0.2, 0.25) is 0 Å². The van der Waals surface area contributed by atoms with Crippen LogP contribution in [0.5, 0.6) is 0 Å². The molecule has 1 aromatic rings. The van der Waals surface area contributed by atoms with E-state index in [2.05, 4.69) is 41.4 Å². The Morgan fingerprint density at radius 3 is 2.25 bits per heavy atom. The van der Waals surface area contributed by atoms with Gasteiger partial charge in [-0.3, -0.25) is 0 Å². The molecule has 0 bridgehead atoms. The largest absolute Gasteiger partial charge is 0.378 e. The highest BCUT2D eigenvalue weighted by Gasteiger charge is 2.14. The molecule has 0 saturated heterocycles. The van der Waals surface area contributed by atoms with Crippen LogP contribution in [0.3, 0.4) is 0 Å². The van der Waals surface area contributed by atoms with Crippen molar-refractivity contribution in [3.63, 3.8) is 0 Å². The molecule has 5 heteroatoms. The summed E-state index contributed by atoms with van der Waals surface area (Å²) in [5, 5.41) is 3.43. The van der Waals surface area contributed by atoms with Gasteiger partial charge in [-0.2, -0.15) is 0 Å². The molecule has 0 saturated carbocycles. The number of hydrogen-bond donors (Lipinski definition) is 1. The molecular weight excluding hydrogens is 272 g/mol. The van der Waals surface area contributed by atoms with Gasteiger partial charge in [-0.05, 0) is 37.1 Å². The van der Waals surface area contributed by atoms with Crippen molar-refractivity contribution in [1.29, 1.82) is 0 Å². The van der Waals surface area contributed by atoms with Gasteiger partial charge in [0, 0.05) is 32.1 Å². The summed E-state index contributed by atoms with van der Waals surface area (Å²) in [5.41, 5.74) is 2.29. The fourth-order valence-corrected chi connectivity index (χ4v) is 2.71. The van der Waals surface area contributed by atoms with Gasteiger partial charge in [-0.1, -0.05) is 19.1 Å². The summed E-state index contributed by atoms with van der Waals surface area (Å²) in [5.74, 6) is 0.212. The van der Waals surface area contributed by atoms with Gasteiger partial charge in [0.1, 0.15) is 9.84 Å². The van der Waals surface area contributed by atoms with Crippen molar-refractivity contribution >= 4 is 15.5 Å². The molecular formula is C15H26N2O2S. The first-order valence-corrected chi connectivity index (χ1v) is 9.08. The Labute approximate surface area is 123 Å². The Balaban J connectivity index is 2.80. The van der Waals surface area contributed by atoms with Gasteiger partial charge in [-0.15, -0.1) is 0 Å². The molecule has 1 rings (SSSR count). The third-order valence-electron chi connectivity index (χ3n) is 3.23. The fraction of sp³-hybridized carbons (Fsp3) is 0.600. The Kier molecular flexibility index (Phi) is 6.49. The monoisotopic (exact) mass is 298 g/mol. The fourth-order valence-electron chi connectivity index (χ4n) is 2.04.